The summed E-state index contributed by atoms with van der Waals surface area (Å²) < 4.78 is 23.4. The molecular weight excluding hydrogens is 346 g/mol. The summed E-state index contributed by atoms with van der Waals surface area (Å²) in [5, 5.41) is 6.66. The first-order valence-corrected chi connectivity index (χ1v) is 10.6. The number of fused-ring (bicyclic) bond motifs is 1. The molecule has 3 rings (SSSR count). The van der Waals surface area contributed by atoms with Crippen molar-refractivity contribution in [2.24, 2.45) is 4.99 Å². The first kappa shape index (κ1) is 18.5. The Balaban J connectivity index is 1.54. The van der Waals surface area contributed by atoms with Crippen LogP contribution in [0.15, 0.2) is 52.4 Å². The van der Waals surface area contributed by atoms with Crippen molar-refractivity contribution in [1.82, 2.24) is 10.6 Å². The zero-order chi connectivity index (χ0) is 18.7. The molecule has 0 saturated carbocycles. The monoisotopic (exact) mass is 371 g/mol. The van der Waals surface area contributed by atoms with Crippen LogP contribution < -0.4 is 10.6 Å². The van der Waals surface area contributed by atoms with Gasteiger partial charge in [-0.15, -0.1) is 0 Å². The molecule has 0 saturated heterocycles. The van der Waals surface area contributed by atoms with E-state index in [9.17, 15) is 8.42 Å². The van der Waals surface area contributed by atoms with Crippen LogP contribution >= 0.6 is 0 Å². The second-order valence-corrected chi connectivity index (χ2v) is 8.76. The van der Waals surface area contributed by atoms with Crippen LogP contribution in [0.2, 0.25) is 0 Å². The normalized spacial score (nSPS) is 16.6. The second-order valence-electron chi connectivity index (χ2n) is 6.78. The quantitative estimate of drug-likeness (QED) is 0.625. The number of aliphatic imine (C=N–C) groups is 1. The lowest BCUT2D eigenvalue weighted by Gasteiger charge is -2.30. The van der Waals surface area contributed by atoms with Gasteiger partial charge in [0.05, 0.1) is 4.90 Å². The minimum atomic E-state index is -3.18. The van der Waals surface area contributed by atoms with Gasteiger partial charge in [-0.3, -0.25) is 4.99 Å². The molecule has 0 spiro atoms. The Morgan fingerprint density at radius 3 is 2.62 bits per heavy atom. The number of nitrogens with zero attached hydrogens (tertiary/aromatic N) is 1. The number of guanidine groups is 1. The van der Waals surface area contributed by atoms with Gasteiger partial charge in [-0.05, 0) is 41.7 Å². The molecule has 0 aliphatic heterocycles. The van der Waals surface area contributed by atoms with Crippen LogP contribution in [0, 0.1) is 6.92 Å². The highest BCUT2D eigenvalue weighted by Crippen LogP contribution is 2.33. The molecule has 0 radical (unpaired) electrons. The van der Waals surface area contributed by atoms with Gasteiger partial charge in [-0.25, -0.2) is 8.42 Å². The van der Waals surface area contributed by atoms with Crippen molar-refractivity contribution in [3.63, 3.8) is 0 Å². The van der Waals surface area contributed by atoms with Crippen molar-refractivity contribution in [1.29, 1.82) is 0 Å². The molecule has 6 heteroatoms. The summed E-state index contributed by atoms with van der Waals surface area (Å²) in [6, 6.07) is 13.9. The number of hydrogen-bond acceptors (Lipinski definition) is 3. The van der Waals surface area contributed by atoms with Gasteiger partial charge in [0, 0.05) is 32.3 Å². The molecule has 0 aromatic heterocycles. The molecule has 1 aliphatic rings. The average molecular weight is 372 g/mol. The van der Waals surface area contributed by atoms with Gasteiger partial charge in [-0.1, -0.05) is 36.4 Å². The van der Waals surface area contributed by atoms with Crippen LogP contribution in [-0.4, -0.2) is 34.2 Å². The van der Waals surface area contributed by atoms with Crippen molar-refractivity contribution < 1.29 is 8.42 Å². The summed E-state index contributed by atoms with van der Waals surface area (Å²) in [6.45, 7) is 3.26. The fourth-order valence-corrected chi connectivity index (χ4v) is 4.37. The zero-order valence-electron chi connectivity index (χ0n) is 15.4. The van der Waals surface area contributed by atoms with Crippen LogP contribution in [-0.2, 0) is 22.8 Å². The molecule has 138 valence electrons. The molecule has 0 amide bonds. The molecular formula is C20H25N3O2S. The summed E-state index contributed by atoms with van der Waals surface area (Å²) in [5.74, 6) is 1.28. The van der Waals surface area contributed by atoms with E-state index >= 15 is 0 Å². The van der Waals surface area contributed by atoms with Crippen LogP contribution in [0.1, 0.15) is 28.2 Å². The van der Waals surface area contributed by atoms with Crippen LogP contribution in [0.3, 0.4) is 0 Å². The maximum absolute atomic E-state index is 11.7. The third kappa shape index (κ3) is 4.07. The first-order chi connectivity index (χ1) is 12.4. The minimum Gasteiger partial charge on any atom is -0.356 e. The zero-order valence-corrected chi connectivity index (χ0v) is 16.2. The Labute approximate surface area is 155 Å². The van der Waals surface area contributed by atoms with E-state index in [0.29, 0.717) is 17.4 Å². The Hall–Kier alpha value is -2.34. The van der Waals surface area contributed by atoms with Crippen molar-refractivity contribution in [2.75, 3.05) is 19.8 Å². The lowest BCUT2D eigenvalue weighted by molar-refractivity contribution is 0.584. The van der Waals surface area contributed by atoms with Crippen LogP contribution in [0.5, 0.6) is 0 Å². The molecule has 2 aromatic carbocycles. The fraction of sp³-hybridized carbons (Fsp3) is 0.350. The minimum absolute atomic E-state index is 0.382. The number of sulfone groups is 1. The van der Waals surface area contributed by atoms with E-state index in [0.717, 1.165) is 30.1 Å². The third-order valence-electron chi connectivity index (χ3n) is 4.80. The number of benzene rings is 2. The van der Waals surface area contributed by atoms with E-state index in [-0.39, 0.29) is 0 Å². The molecule has 2 aromatic rings. The fourth-order valence-electron chi connectivity index (χ4n) is 3.41. The van der Waals surface area contributed by atoms with Gasteiger partial charge < -0.3 is 10.6 Å². The van der Waals surface area contributed by atoms with Crippen LogP contribution in [0.25, 0.3) is 0 Å². The molecule has 1 aliphatic carbocycles. The van der Waals surface area contributed by atoms with E-state index in [2.05, 4.69) is 39.9 Å². The lowest BCUT2D eigenvalue weighted by atomic mass is 9.78. The highest BCUT2D eigenvalue weighted by Gasteiger charge is 2.25. The predicted molar refractivity (Wildman–Crippen MR) is 105 cm³/mol. The predicted octanol–water partition coefficient (Wildman–Crippen LogP) is 2.40. The van der Waals surface area contributed by atoms with Gasteiger partial charge in [0.1, 0.15) is 0 Å². The second kappa shape index (κ2) is 7.50. The van der Waals surface area contributed by atoms with Gasteiger partial charge in [0.15, 0.2) is 15.8 Å². The average Bonchev–Trinajstić information content (AvgIpc) is 2.57. The van der Waals surface area contributed by atoms with E-state index < -0.39 is 9.84 Å². The third-order valence-corrected chi connectivity index (χ3v) is 6.06. The van der Waals surface area contributed by atoms with E-state index in [1.165, 1.54) is 17.4 Å². The largest absolute Gasteiger partial charge is 0.356 e. The summed E-state index contributed by atoms with van der Waals surface area (Å²) in [5.41, 5.74) is 4.64. The van der Waals surface area contributed by atoms with Crippen molar-refractivity contribution in [3.05, 3.63) is 64.7 Å². The molecule has 0 bridgehead atoms. The molecule has 1 unspecified atom stereocenters. The summed E-state index contributed by atoms with van der Waals surface area (Å²) in [7, 11) is -1.43. The van der Waals surface area contributed by atoms with Gasteiger partial charge in [0.25, 0.3) is 0 Å². The standard InChI is InChI=1S/C20H25N3O2S/c1-14-10-15(8-9-19(14)26(3,24)25)12-22-20(21-2)23-13-17-11-16-6-4-5-7-18(16)17/h4-10,17H,11-13H2,1-3H3,(H2,21,22,23). The van der Waals surface area contributed by atoms with Gasteiger partial charge in [0.2, 0.25) is 0 Å². The highest BCUT2D eigenvalue weighted by atomic mass is 32.2. The topological polar surface area (TPSA) is 70.6 Å². The molecule has 0 heterocycles. The van der Waals surface area contributed by atoms with E-state index in [4.69, 9.17) is 0 Å². The molecule has 1 atom stereocenters. The number of rotatable bonds is 5. The summed E-state index contributed by atoms with van der Waals surface area (Å²) in [4.78, 5) is 4.65. The number of nitrogens with one attached hydrogen (secondary N) is 2. The van der Waals surface area contributed by atoms with Crippen molar-refractivity contribution >= 4 is 15.8 Å². The number of hydrogen-bond donors (Lipinski definition) is 2. The van der Waals surface area contributed by atoms with Crippen molar-refractivity contribution in [2.45, 2.75) is 30.7 Å². The maximum atomic E-state index is 11.7. The van der Waals surface area contributed by atoms with Crippen LogP contribution in [0.4, 0.5) is 0 Å². The SMILES string of the molecule is CN=C(NCc1ccc(S(C)(=O)=O)c(C)c1)NCC1Cc2ccccc21. The van der Waals surface area contributed by atoms with Gasteiger partial charge >= 0.3 is 0 Å². The lowest BCUT2D eigenvalue weighted by Crippen LogP contribution is -2.40. The molecule has 26 heavy (non-hydrogen) atoms. The molecule has 2 N–H and O–H groups in total. The Bertz CT molecular complexity index is 936. The number of aryl methyl sites for hydroxylation is 1. The molecule has 0 fully saturated rings. The first-order valence-electron chi connectivity index (χ1n) is 8.70. The summed E-state index contributed by atoms with van der Waals surface area (Å²) >= 11 is 0. The Morgan fingerprint density at radius 1 is 1.19 bits per heavy atom. The molecule has 5 nitrogen and oxygen atoms in total. The Morgan fingerprint density at radius 2 is 1.96 bits per heavy atom. The Kier molecular flexibility index (Phi) is 5.32. The smallest absolute Gasteiger partial charge is 0.191 e. The van der Waals surface area contributed by atoms with E-state index in [1.807, 2.05) is 19.1 Å². The van der Waals surface area contributed by atoms with Gasteiger partial charge in [-0.2, -0.15) is 0 Å². The highest BCUT2D eigenvalue weighted by molar-refractivity contribution is 7.90. The maximum Gasteiger partial charge on any atom is 0.191 e. The van der Waals surface area contributed by atoms with Crippen molar-refractivity contribution in [3.8, 4) is 0 Å². The summed E-state index contributed by atoms with van der Waals surface area (Å²) in [6.07, 6.45) is 2.34. The van der Waals surface area contributed by atoms with E-state index in [1.54, 1.807) is 13.1 Å².